The van der Waals surface area contributed by atoms with Gasteiger partial charge in [-0.3, -0.25) is 4.79 Å². The summed E-state index contributed by atoms with van der Waals surface area (Å²) in [4.78, 5) is 19.2. The van der Waals surface area contributed by atoms with E-state index in [9.17, 15) is 10.1 Å². The van der Waals surface area contributed by atoms with E-state index in [1.165, 1.54) is 5.56 Å². The van der Waals surface area contributed by atoms with Crippen molar-refractivity contribution in [1.29, 1.82) is 5.26 Å². The van der Waals surface area contributed by atoms with Crippen LogP contribution in [0, 0.1) is 11.3 Å². The van der Waals surface area contributed by atoms with Crippen molar-refractivity contribution < 1.29 is 9.53 Å². The molecule has 7 nitrogen and oxygen atoms in total. The Morgan fingerprint density at radius 3 is 2.63 bits per heavy atom. The first-order valence-electron chi connectivity index (χ1n) is 13.5. The van der Waals surface area contributed by atoms with E-state index in [1.54, 1.807) is 6.33 Å². The predicted molar refractivity (Wildman–Crippen MR) is 162 cm³/mol. The molecule has 9 heteroatoms. The Hall–Kier alpha value is -3.83. The van der Waals surface area contributed by atoms with E-state index in [0.717, 1.165) is 36.1 Å². The molecular weight excluding hydrogens is 557 g/mol. The quantitative estimate of drug-likeness (QED) is 0.212. The zero-order chi connectivity index (χ0) is 27.7. The molecule has 3 aromatic carbocycles. The molecule has 2 heterocycles. The lowest BCUT2D eigenvalue weighted by molar-refractivity contribution is -0.129. The van der Waals surface area contributed by atoms with Gasteiger partial charge in [0.05, 0.1) is 30.2 Å². The van der Waals surface area contributed by atoms with Crippen LogP contribution in [-0.4, -0.2) is 39.6 Å². The Kier molecular flexibility index (Phi) is 10.8. The van der Waals surface area contributed by atoms with E-state index in [1.807, 2.05) is 71.8 Å². The molecule has 0 aliphatic carbocycles. The van der Waals surface area contributed by atoms with Gasteiger partial charge in [0, 0.05) is 37.4 Å². The number of aryl methyl sites for hydroxylation is 1. The number of amides is 1. The Bertz CT molecular complexity index is 1480. The van der Waals surface area contributed by atoms with E-state index in [0.29, 0.717) is 49.1 Å². The number of nitriles is 1. The van der Waals surface area contributed by atoms with Crippen molar-refractivity contribution in [3.63, 3.8) is 0 Å². The van der Waals surface area contributed by atoms with Gasteiger partial charge in [-0.2, -0.15) is 5.26 Å². The minimum absolute atomic E-state index is 0. The smallest absolute Gasteiger partial charge is 0.240 e. The molecule has 41 heavy (non-hydrogen) atoms. The minimum Gasteiger partial charge on any atom is -0.492 e. The maximum atomic E-state index is 13.0. The van der Waals surface area contributed by atoms with Crippen LogP contribution < -0.4 is 10.1 Å². The minimum atomic E-state index is -0.228. The monoisotopic (exact) mass is 589 g/mol. The Labute approximate surface area is 252 Å². The lowest BCUT2D eigenvalue weighted by Crippen LogP contribution is -2.38. The van der Waals surface area contributed by atoms with Gasteiger partial charge >= 0.3 is 0 Å². The molecule has 5 rings (SSSR count). The molecule has 0 saturated carbocycles. The van der Waals surface area contributed by atoms with Crippen LogP contribution in [0.15, 0.2) is 85.3 Å². The van der Waals surface area contributed by atoms with Crippen LogP contribution in [0.25, 0.3) is 0 Å². The van der Waals surface area contributed by atoms with E-state index < -0.39 is 0 Å². The number of carbonyl (C=O) groups is 1. The number of halogens is 2. The van der Waals surface area contributed by atoms with Crippen LogP contribution in [0.2, 0.25) is 5.02 Å². The molecule has 1 fully saturated rings. The zero-order valence-electron chi connectivity index (χ0n) is 22.7. The molecule has 1 aliphatic rings. The van der Waals surface area contributed by atoms with Crippen molar-refractivity contribution in [2.45, 2.75) is 44.9 Å². The van der Waals surface area contributed by atoms with E-state index >= 15 is 0 Å². The van der Waals surface area contributed by atoms with Crippen molar-refractivity contribution >= 4 is 29.9 Å². The van der Waals surface area contributed by atoms with Crippen LogP contribution in [0.4, 0.5) is 0 Å². The van der Waals surface area contributed by atoms with Gasteiger partial charge in [-0.05, 0) is 60.2 Å². The van der Waals surface area contributed by atoms with Gasteiger partial charge in [-0.25, -0.2) is 4.98 Å². The second-order valence-electron chi connectivity index (χ2n) is 10.0. The fourth-order valence-electron chi connectivity index (χ4n) is 4.98. The molecule has 1 unspecified atom stereocenters. The molecule has 1 aromatic heterocycles. The number of carbonyl (C=O) groups excluding carboxylic acids is 1. The SMILES string of the molecule is Cl.N#Cc1ccc(Cn2cncc2CNC2CCN(Cc3cccc(Cl)c3)C2=O)cc1OCCCc1ccccc1. The van der Waals surface area contributed by atoms with Gasteiger partial charge < -0.3 is 19.5 Å². The Balaban J connectivity index is 0.00000387. The average molecular weight is 591 g/mol. The zero-order valence-corrected chi connectivity index (χ0v) is 24.3. The normalized spacial score (nSPS) is 14.5. The third kappa shape index (κ3) is 8.11. The molecule has 1 aliphatic heterocycles. The van der Waals surface area contributed by atoms with Crippen LogP contribution in [0.1, 0.15) is 40.8 Å². The van der Waals surface area contributed by atoms with Gasteiger partial charge in [0.2, 0.25) is 5.91 Å². The fourth-order valence-corrected chi connectivity index (χ4v) is 5.20. The summed E-state index contributed by atoms with van der Waals surface area (Å²) < 4.78 is 8.07. The number of imidazole rings is 1. The average Bonchev–Trinajstić information content (AvgIpc) is 3.56. The highest BCUT2D eigenvalue weighted by Crippen LogP contribution is 2.22. The summed E-state index contributed by atoms with van der Waals surface area (Å²) in [7, 11) is 0. The number of nitrogens with one attached hydrogen (secondary N) is 1. The number of hydrogen-bond acceptors (Lipinski definition) is 5. The molecular formula is C32H33Cl2N5O2. The standard InChI is InChI=1S/C32H32ClN5O2.ClH/c33-28-10-4-8-25(16-28)21-37-14-13-30(32(37)39)36-20-29-19-35-23-38(29)22-26-11-12-27(18-34)31(17-26)40-15-5-9-24-6-2-1-3-7-24;/h1-4,6-8,10-12,16-17,19,23,30,36H,5,9,13-15,20-22H2;1H. The number of likely N-dealkylation sites (tertiary alicyclic amines) is 1. The van der Waals surface area contributed by atoms with Crippen LogP contribution in [-0.2, 0) is 30.8 Å². The van der Waals surface area contributed by atoms with Crippen molar-refractivity contribution in [3.05, 3.63) is 118 Å². The number of nitrogens with zero attached hydrogens (tertiary/aromatic N) is 4. The Morgan fingerprint density at radius 2 is 1.83 bits per heavy atom. The van der Waals surface area contributed by atoms with Crippen LogP contribution >= 0.6 is 24.0 Å². The largest absolute Gasteiger partial charge is 0.492 e. The maximum absolute atomic E-state index is 13.0. The highest BCUT2D eigenvalue weighted by molar-refractivity contribution is 6.30. The first kappa shape index (κ1) is 30.1. The number of ether oxygens (including phenoxy) is 1. The number of rotatable bonds is 12. The second kappa shape index (κ2) is 14.7. The van der Waals surface area contributed by atoms with Crippen molar-refractivity contribution in [3.8, 4) is 11.8 Å². The maximum Gasteiger partial charge on any atom is 0.240 e. The number of hydrogen-bond donors (Lipinski definition) is 1. The molecule has 1 amide bonds. The summed E-state index contributed by atoms with van der Waals surface area (Å²) in [6, 6.07) is 25.6. The van der Waals surface area contributed by atoms with E-state index in [-0.39, 0.29) is 24.4 Å². The number of benzene rings is 3. The molecule has 1 atom stereocenters. The van der Waals surface area contributed by atoms with Crippen molar-refractivity contribution in [2.24, 2.45) is 0 Å². The number of aromatic nitrogens is 2. The summed E-state index contributed by atoms with van der Waals surface area (Å²) in [5.74, 6) is 0.705. The molecule has 0 radical (unpaired) electrons. The summed E-state index contributed by atoms with van der Waals surface area (Å²) >= 11 is 6.10. The predicted octanol–water partition coefficient (Wildman–Crippen LogP) is 5.78. The summed E-state index contributed by atoms with van der Waals surface area (Å²) in [6.07, 6.45) is 6.16. The first-order chi connectivity index (χ1) is 19.6. The molecule has 212 valence electrons. The van der Waals surface area contributed by atoms with Gasteiger partial charge in [0.25, 0.3) is 0 Å². The topological polar surface area (TPSA) is 83.2 Å². The highest BCUT2D eigenvalue weighted by Gasteiger charge is 2.31. The highest BCUT2D eigenvalue weighted by atomic mass is 35.5. The lowest BCUT2D eigenvalue weighted by atomic mass is 10.1. The lowest BCUT2D eigenvalue weighted by Gasteiger charge is -2.18. The van der Waals surface area contributed by atoms with Gasteiger partial charge in [-0.1, -0.05) is 60.1 Å². The first-order valence-corrected chi connectivity index (χ1v) is 13.9. The van der Waals surface area contributed by atoms with Crippen molar-refractivity contribution in [1.82, 2.24) is 19.8 Å². The summed E-state index contributed by atoms with van der Waals surface area (Å²) in [6.45, 7) is 2.92. The molecule has 0 spiro atoms. The summed E-state index contributed by atoms with van der Waals surface area (Å²) in [5.41, 5.74) is 4.83. The molecule has 1 saturated heterocycles. The van der Waals surface area contributed by atoms with Gasteiger partial charge in [-0.15, -0.1) is 12.4 Å². The molecule has 1 N–H and O–H groups in total. The molecule has 0 bridgehead atoms. The third-order valence-electron chi connectivity index (χ3n) is 7.12. The second-order valence-corrected chi connectivity index (χ2v) is 10.4. The van der Waals surface area contributed by atoms with E-state index in [4.69, 9.17) is 16.3 Å². The van der Waals surface area contributed by atoms with Crippen molar-refractivity contribution in [2.75, 3.05) is 13.2 Å². The van der Waals surface area contributed by atoms with E-state index in [2.05, 4.69) is 33.1 Å². The van der Waals surface area contributed by atoms with Crippen LogP contribution in [0.3, 0.4) is 0 Å². The molecule has 4 aromatic rings. The van der Waals surface area contributed by atoms with Crippen LogP contribution in [0.5, 0.6) is 5.75 Å². The Morgan fingerprint density at radius 1 is 1.02 bits per heavy atom. The van der Waals surface area contributed by atoms with Gasteiger partial charge in [0.1, 0.15) is 11.8 Å². The third-order valence-corrected chi connectivity index (χ3v) is 7.35. The van der Waals surface area contributed by atoms with Gasteiger partial charge in [0.15, 0.2) is 0 Å². The fraction of sp³-hybridized carbons (Fsp3) is 0.281. The summed E-state index contributed by atoms with van der Waals surface area (Å²) in [5, 5.41) is 13.7.